The molecule has 156 valence electrons. The molecule has 31 heavy (non-hydrogen) atoms. The van der Waals surface area contributed by atoms with Crippen LogP contribution in [0.15, 0.2) is 71.5 Å². The standard InChI is InChI=1S/C25H24N4O2/c1-17-3-2-4-23(27-17)29-14-10-20(11-15-29)28-25(30)19-7-5-18(6-8-19)24-21-12-16-31-22(21)9-13-26-24/h2-9,12-13,16,20H,10-11,14-15H2,1H3,(H,28,30). The van der Waals surface area contributed by atoms with Gasteiger partial charge in [0.05, 0.1) is 12.0 Å². The molecule has 1 aliphatic rings. The second-order valence-corrected chi connectivity index (χ2v) is 7.94. The minimum atomic E-state index is -0.0341. The molecule has 1 aliphatic heterocycles. The largest absolute Gasteiger partial charge is 0.464 e. The zero-order chi connectivity index (χ0) is 21.2. The van der Waals surface area contributed by atoms with E-state index in [0.29, 0.717) is 5.56 Å². The van der Waals surface area contributed by atoms with Crippen LogP contribution in [0.1, 0.15) is 28.9 Å². The summed E-state index contributed by atoms with van der Waals surface area (Å²) in [4.78, 5) is 24.1. The fraction of sp³-hybridized carbons (Fsp3) is 0.240. The molecule has 4 heterocycles. The molecule has 1 aromatic carbocycles. The van der Waals surface area contributed by atoms with Crippen LogP contribution >= 0.6 is 0 Å². The molecule has 0 atom stereocenters. The minimum absolute atomic E-state index is 0.0341. The first-order valence-electron chi connectivity index (χ1n) is 10.6. The number of carbonyl (C=O) groups is 1. The number of hydrogen-bond acceptors (Lipinski definition) is 5. The fourth-order valence-corrected chi connectivity index (χ4v) is 4.13. The fourth-order valence-electron chi connectivity index (χ4n) is 4.13. The molecule has 0 radical (unpaired) electrons. The molecule has 1 amide bonds. The number of furan rings is 1. The van der Waals surface area contributed by atoms with Crippen molar-refractivity contribution in [1.82, 2.24) is 15.3 Å². The number of nitrogens with one attached hydrogen (secondary N) is 1. The predicted octanol–water partition coefficient (Wildman–Crippen LogP) is 4.60. The van der Waals surface area contributed by atoms with Crippen LogP contribution in [0.2, 0.25) is 0 Å². The number of hydrogen-bond donors (Lipinski definition) is 1. The number of pyridine rings is 2. The molecule has 0 spiro atoms. The number of aromatic nitrogens is 2. The van der Waals surface area contributed by atoms with E-state index in [1.807, 2.05) is 61.5 Å². The average molecular weight is 412 g/mol. The lowest BCUT2D eigenvalue weighted by Gasteiger charge is -2.33. The molecule has 1 fully saturated rings. The van der Waals surface area contributed by atoms with Crippen LogP contribution < -0.4 is 10.2 Å². The van der Waals surface area contributed by atoms with E-state index in [1.54, 1.807) is 12.5 Å². The van der Waals surface area contributed by atoms with Crippen LogP contribution in [-0.2, 0) is 0 Å². The summed E-state index contributed by atoms with van der Waals surface area (Å²) in [7, 11) is 0. The van der Waals surface area contributed by atoms with Crippen LogP contribution in [0.4, 0.5) is 5.82 Å². The van der Waals surface area contributed by atoms with E-state index in [2.05, 4.69) is 20.2 Å². The maximum absolute atomic E-state index is 12.8. The molecular formula is C25H24N4O2. The van der Waals surface area contributed by atoms with E-state index in [4.69, 9.17) is 4.42 Å². The Morgan fingerprint density at radius 1 is 1.06 bits per heavy atom. The van der Waals surface area contributed by atoms with E-state index in [9.17, 15) is 4.79 Å². The van der Waals surface area contributed by atoms with Crippen molar-refractivity contribution >= 4 is 22.7 Å². The van der Waals surface area contributed by atoms with Gasteiger partial charge in [0.25, 0.3) is 5.91 Å². The number of anilines is 1. The van der Waals surface area contributed by atoms with Crippen LogP contribution in [0.5, 0.6) is 0 Å². The van der Waals surface area contributed by atoms with Gasteiger partial charge in [0.1, 0.15) is 11.4 Å². The monoisotopic (exact) mass is 412 g/mol. The number of amides is 1. The quantitative estimate of drug-likeness (QED) is 0.531. The lowest BCUT2D eigenvalue weighted by atomic mass is 10.0. The number of nitrogens with zero attached hydrogens (tertiary/aromatic N) is 3. The first kappa shape index (κ1) is 19.3. The van der Waals surface area contributed by atoms with Crippen molar-refractivity contribution in [2.24, 2.45) is 0 Å². The van der Waals surface area contributed by atoms with Gasteiger partial charge in [0, 0.05) is 47.5 Å². The van der Waals surface area contributed by atoms with Crippen molar-refractivity contribution in [3.63, 3.8) is 0 Å². The number of fused-ring (bicyclic) bond motifs is 1. The van der Waals surface area contributed by atoms with E-state index in [1.165, 1.54) is 0 Å². The van der Waals surface area contributed by atoms with Crippen LogP contribution in [-0.4, -0.2) is 35.0 Å². The second kappa shape index (κ2) is 8.22. The molecule has 4 aromatic rings. The third-order valence-corrected chi connectivity index (χ3v) is 5.83. The average Bonchev–Trinajstić information content (AvgIpc) is 3.29. The van der Waals surface area contributed by atoms with E-state index >= 15 is 0 Å². The van der Waals surface area contributed by atoms with Crippen LogP contribution in [0, 0.1) is 6.92 Å². The summed E-state index contributed by atoms with van der Waals surface area (Å²) in [6, 6.07) is 17.6. The number of benzene rings is 1. The predicted molar refractivity (Wildman–Crippen MR) is 121 cm³/mol. The Morgan fingerprint density at radius 3 is 2.65 bits per heavy atom. The molecule has 6 heteroatoms. The normalized spacial score (nSPS) is 14.7. The molecule has 0 aliphatic carbocycles. The van der Waals surface area contributed by atoms with Gasteiger partial charge >= 0.3 is 0 Å². The van der Waals surface area contributed by atoms with Crippen molar-refractivity contribution in [2.75, 3.05) is 18.0 Å². The summed E-state index contributed by atoms with van der Waals surface area (Å²) in [5.41, 5.74) is 4.30. The number of piperidine rings is 1. The minimum Gasteiger partial charge on any atom is -0.464 e. The highest BCUT2D eigenvalue weighted by atomic mass is 16.3. The van der Waals surface area contributed by atoms with E-state index in [-0.39, 0.29) is 11.9 Å². The van der Waals surface area contributed by atoms with Gasteiger partial charge in [0.15, 0.2) is 0 Å². The Labute approximate surface area is 180 Å². The molecule has 0 bridgehead atoms. The highest BCUT2D eigenvalue weighted by Gasteiger charge is 2.22. The van der Waals surface area contributed by atoms with E-state index in [0.717, 1.165) is 59.7 Å². The lowest BCUT2D eigenvalue weighted by Crippen LogP contribution is -2.45. The Kier molecular flexibility index (Phi) is 5.12. The summed E-state index contributed by atoms with van der Waals surface area (Å²) in [5.74, 6) is 0.981. The maximum atomic E-state index is 12.8. The van der Waals surface area contributed by atoms with Gasteiger partial charge in [-0.15, -0.1) is 0 Å². The van der Waals surface area contributed by atoms with Crippen LogP contribution in [0.3, 0.4) is 0 Å². The van der Waals surface area contributed by atoms with Crippen LogP contribution in [0.25, 0.3) is 22.2 Å². The summed E-state index contributed by atoms with van der Waals surface area (Å²) in [6.07, 6.45) is 5.22. The summed E-state index contributed by atoms with van der Waals surface area (Å²) in [5, 5.41) is 4.15. The van der Waals surface area contributed by atoms with Gasteiger partial charge in [-0.05, 0) is 56.2 Å². The number of aryl methyl sites for hydroxylation is 1. The Balaban J connectivity index is 1.22. The highest BCUT2D eigenvalue weighted by Crippen LogP contribution is 2.27. The SMILES string of the molecule is Cc1cccc(N2CCC(NC(=O)c3ccc(-c4nccc5occc45)cc3)CC2)n1. The van der Waals surface area contributed by atoms with Crippen molar-refractivity contribution in [2.45, 2.75) is 25.8 Å². The van der Waals surface area contributed by atoms with Crippen molar-refractivity contribution < 1.29 is 9.21 Å². The Hall–Kier alpha value is -3.67. The Morgan fingerprint density at radius 2 is 1.87 bits per heavy atom. The van der Waals surface area contributed by atoms with Crippen molar-refractivity contribution in [3.8, 4) is 11.3 Å². The summed E-state index contributed by atoms with van der Waals surface area (Å²) >= 11 is 0. The molecule has 0 saturated carbocycles. The van der Waals surface area contributed by atoms with Crippen molar-refractivity contribution in [3.05, 3.63) is 78.3 Å². The zero-order valence-corrected chi connectivity index (χ0v) is 17.4. The maximum Gasteiger partial charge on any atom is 0.251 e. The Bertz CT molecular complexity index is 1210. The van der Waals surface area contributed by atoms with Gasteiger partial charge in [-0.3, -0.25) is 9.78 Å². The first-order chi connectivity index (χ1) is 15.2. The summed E-state index contributed by atoms with van der Waals surface area (Å²) in [6.45, 7) is 3.79. The topological polar surface area (TPSA) is 71.3 Å². The van der Waals surface area contributed by atoms with Gasteiger partial charge in [0.2, 0.25) is 0 Å². The third-order valence-electron chi connectivity index (χ3n) is 5.83. The molecular weight excluding hydrogens is 388 g/mol. The first-order valence-corrected chi connectivity index (χ1v) is 10.6. The molecule has 5 rings (SSSR count). The molecule has 1 N–H and O–H groups in total. The van der Waals surface area contributed by atoms with E-state index < -0.39 is 0 Å². The molecule has 3 aromatic heterocycles. The van der Waals surface area contributed by atoms with Crippen molar-refractivity contribution in [1.29, 1.82) is 0 Å². The van der Waals surface area contributed by atoms with Gasteiger partial charge in [-0.1, -0.05) is 18.2 Å². The molecule has 0 unspecified atom stereocenters. The van der Waals surface area contributed by atoms with Gasteiger partial charge in [-0.2, -0.15) is 0 Å². The second-order valence-electron chi connectivity index (χ2n) is 7.94. The smallest absolute Gasteiger partial charge is 0.251 e. The molecule has 1 saturated heterocycles. The number of rotatable bonds is 4. The third kappa shape index (κ3) is 4.01. The van der Waals surface area contributed by atoms with Gasteiger partial charge < -0.3 is 14.6 Å². The lowest BCUT2D eigenvalue weighted by molar-refractivity contribution is 0.0931. The molecule has 6 nitrogen and oxygen atoms in total. The highest BCUT2D eigenvalue weighted by molar-refractivity contribution is 5.96. The summed E-state index contributed by atoms with van der Waals surface area (Å²) < 4.78 is 5.46. The number of carbonyl (C=O) groups excluding carboxylic acids is 1. The van der Waals surface area contributed by atoms with Gasteiger partial charge in [-0.25, -0.2) is 4.98 Å². The zero-order valence-electron chi connectivity index (χ0n) is 17.4.